The third-order valence-corrected chi connectivity index (χ3v) is 5.48. The molecule has 1 saturated heterocycles. The number of fused-ring (bicyclic) bond motifs is 1. The van der Waals surface area contributed by atoms with Crippen LogP contribution in [-0.4, -0.2) is 45.8 Å². The van der Waals surface area contributed by atoms with Crippen LogP contribution in [0.2, 0.25) is 0 Å². The molecular weight excluding hydrogens is 282 g/mol. The van der Waals surface area contributed by atoms with Gasteiger partial charge in [0.1, 0.15) is 0 Å². The van der Waals surface area contributed by atoms with Gasteiger partial charge in [-0.25, -0.2) is 0 Å². The summed E-state index contributed by atoms with van der Waals surface area (Å²) in [4.78, 5) is 14.8. The summed E-state index contributed by atoms with van der Waals surface area (Å²) in [6.07, 6.45) is 4.09. The van der Waals surface area contributed by atoms with Crippen LogP contribution in [0.25, 0.3) is 0 Å². The first-order valence-corrected chi connectivity index (χ1v) is 8.11. The number of rotatable bonds is 2. The lowest BCUT2D eigenvalue weighted by molar-refractivity contribution is 0.0112. The Morgan fingerprint density at radius 2 is 2.27 bits per heavy atom. The van der Waals surface area contributed by atoms with E-state index >= 15 is 0 Å². The molecule has 2 heterocycles. The molecule has 0 spiro atoms. The fourth-order valence-corrected chi connectivity index (χ4v) is 4.24. The Labute approximate surface area is 130 Å². The largest absolute Gasteiger partial charge is 0.392 e. The quantitative estimate of drug-likeness (QED) is 0.863. The van der Waals surface area contributed by atoms with Crippen molar-refractivity contribution in [3.05, 3.63) is 17.5 Å². The van der Waals surface area contributed by atoms with Gasteiger partial charge in [0.25, 0.3) is 5.91 Å². The number of carbonyl (C=O) groups excluding carboxylic acids is 1. The van der Waals surface area contributed by atoms with E-state index in [0.717, 1.165) is 32.1 Å². The maximum atomic E-state index is 12.9. The maximum absolute atomic E-state index is 12.9. The molecule has 2 fully saturated rings. The number of aromatic nitrogens is 1. The maximum Gasteiger partial charge on any atom is 0.293 e. The molecule has 4 atom stereocenters. The predicted octanol–water partition coefficient (Wildman–Crippen LogP) is 1.47. The highest BCUT2D eigenvalue weighted by atomic mass is 16.5. The number of nitrogens with two attached hydrogens (primary N) is 1. The van der Waals surface area contributed by atoms with Crippen molar-refractivity contribution in [1.29, 1.82) is 0 Å². The highest BCUT2D eigenvalue weighted by Crippen LogP contribution is 2.48. The number of likely N-dealkylation sites (tertiary alicyclic amines) is 1. The van der Waals surface area contributed by atoms with E-state index in [4.69, 9.17) is 10.3 Å². The summed E-state index contributed by atoms with van der Waals surface area (Å²) >= 11 is 0. The van der Waals surface area contributed by atoms with E-state index in [1.807, 2.05) is 4.90 Å². The molecule has 6 heteroatoms. The van der Waals surface area contributed by atoms with Crippen molar-refractivity contribution >= 4 is 5.91 Å². The van der Waals surface area contributed by atoms with E-state index < -0.39 is 0 Å². The van der Waals surface area contributed by atoms with Crippen molar-refractivity contribution < 1.29 is 14.4 Å². The summed E-state index contributed by atoms with van der Waals surface area (Å²) in [6.45, 7) is 4.29. The highest BCUT2D eigenvalue weighted by Gasteiger charge is 2.54. The van der Waals surface area contributed by atoms with Crippen LogP contribution >= 0.6 is 0 Å². The van der Waals surface area contributed by atoms with Crippen LogP contribution in [0.4, 0.5) is 0 Å². The number of aliphatic hydroxyl groups is 1. The SMILES string of the molecule is Cc1cc(C(=O)N2[C@@H](CN)C[C@@]3(C)[C@H](O)CCCC[C@@H]23)on1. The van der Waals surface area contributed by atoms with Crippen LogP contribution in [0.1, 0.15) is 55.3 Å². The van der Waals surface area contributed by atoms with Crippen LogP contribution in [0.3, 0.4) is 0 Å². The summed E-state index contributed by atoms with van der Waals surface area (Å²) in [6, 6.07) is 1.62. The molecule has 1 aliphatic carbocycles. The fourth-order valence-electron chi connectivity index (χ4n) is 4.24. The molecule has 22 heavy (non-hydrogen) atoms. The molecule has 1 aromatic heterocycles. The lowest BCUT2D eigenvalue weighted by atomic mass is 9.75. The number of nitrogens with zero attached hydrogens (tertiary/aromatic N) is 2. The molecular formula is C16H25N3O3. The summed E-state index contributed by atoms with van der Waals surface area (Å²) in [5.41, 5.74) is 6.33. The Bertz CT molecular complexity index is 559. The van der Waals surface area contributed by atoms with Gasteiger partial charge in [-0.2, -0.15) is 0 Å². The predicted molar refractivity (Wildman–Crippen MR) is 81.2 cm³/mol. The highest BCUT2D eigenvalue weighted by molar-refractivity contribution is 5.92. The van der Waals surface area contributed by atoms with Crippen molar-refractivity contribution in [2.45, 2.75) is 64.1 Å². The molecule has 1 aromatic rings. The molecule has 3 N–H and O–H groups in total. The van der Waals surface area contributed by atoms with E-state index in [1.165, 1.54) is 0 Å². The van der Waals surface area contributed by atoms with Crippen molar-refractivity contribution in [2.75, 3.05) is 6.54 Å². The van der Waals surface area contributed by atoms with Crippen LogP contribution in [0.15, 0.2) is 10.6 Å². The molecule has 2 aliphatic rings. The number of aryl methyl sites for hydroxylation is 1. The first-order chi connectivity index (χ1) is 10.5. The van der Waals surface area contributed by atoms with Crippen molar-refractivity contribution in [3.63, 3.8) is 0 Å². The normalized spacial score (nSPS) is 35.3. The van der Waals surface area contributed by atoms with Gasteiger partial charge in [-0.05, 0) is 26.2 Å². The van der Waals surface area contributed by atoms with Crippen molar-refractivity contribution in [3.8, 4) is 0 Å². The number of hydrogen-bond acceptors (Lipinski definition) is 5. The Morgan fingerprint density at radius 3 is 2.91 bits per heavy atom. The molecule has 3 rings (SSSR count). The average molecular weight is 307 g/mol. The number of hydrogen-bond donors (Lipinski definition) is 2. The topological polar surface area (TPSA) is 92.6 Å². The monoisotopic (exact) mass is 307 g/mol. The first-order valence-electron chi connectivity index (χ1n) is 8.11. The molecule has 0 aromatic carbocycles. The number of carbonyl (C=O) groups is 1. The minimum atomic E-state index is -0.386. The zero-order valence-electron chi connectivity index (χ0n) is 13.3. The Hall–Kier alpha value is -1.40. The van der Waals surface area contributed by atoms with Gasteiger partial charge in [-0.1, -0.05) is 24.9 Å². The minimum Gasteiger partial charge on any atom is -0.392 e. The molecule has 122 valence electrons. The lowest BCUT2D eigenvalue weighted by Gasteiger charge is -2.37. The second-order valence-electron chi connectivity index (χ2n) is 6.96. The third-order valence-electron chi connectivity index (χ3n) is 5.48. The van der Waals surface area contributed by atoms with Crippen molar-refractivity contribution in [1.82, 2.24) is 10.1 Å². The van der Waals surface area contributed by atoms with Crippen LogP contribution < -0.4 is 5.73 Å². The molecule has 1 amide bonds. The van der Waals surface area contributed by atoms with Crippen molar-refractivity contribution in [2.24, 2.45) is 11.1 Å². The summed E-state index contributed by atoms with van der Waals surface area (Å²) < 4.78 is 5.16. The lowest BCUT2D eigenvalue weighted by Crippen LogP contribution is -2.48. The molecule has 6 nitrogen and oxygen atoms in total. The van der Waals surface area contributed by atoms with Gasteiger partial charge in [-0.15, -0.1) is 0 Å². The Balaban J connectivity index is 1.95. The van der Waals surface area contributed by atoms with E-state index in [1.54, 1.807) is 13.0 Å². The van der Waals surface area contributed by atoms with E-state index in [0.29, 0.717) is 12.2 Å². The van der Waals surface area contributed by atoms with E-state index in [9.17, 15) is 9.90 Å². The van der Waals surface area contributed by atoms with Crippen LogP contribution in [0.5, 0.6) is 0 Å². The van der Waals surface area contributed by atoms with Gasteiger partial charge >= 0.3 is 0 Å². The summed E-state index contributed by atoms with van der Waals surface area (Å²) in [7, 11) is 0. The number of amides is 1. The standard InChI is InChI=1S/C16H25N3O3/c1-10-7-12(22-18-10)15(21)19-11(9-17)8-16(2)13(19)5-3-4-6-14(16)20/h7,11,13-14,20H,3-6,8-9,17H2,1-2H3/t11-,13-,14-,16-/m1/s1. The molecule has 1 aliphatic heterocycles. The minimum absolute atomic E-state index is 0.0106. The Morgan fingerprint density at radius 1 is 1.55 bits per heavy atom. The van der Waals surface area contributed by atoms with Gasteiger partial charge in [0.2, 0.25) is 5.76 Å². The molecule has 0 bridgehead atoms. The third kappa shape index (κ3) is 2.34. The zero-order valence-corrected chi connectivity index (χ0v) is 13.3. The summed E-state index contributed by atoms with van der Waals surface area (Å²) in [5.74, 6) is 0.109. The van der Waals surface area contributed by atoms with Crippen LogP contribution in [0, 0.1) is 12.3 Å². The molecule has 0 radical (unpaired) electrons. The first kappa shape index (κ1) is 15.5. The van der Waals surface area contributed by atoms with Gasteiger partial charge in [-0.3, -0.25) is 4.79 Å². The van der Waals surface area contributed by atoms with Gasteiger partial charge in [0.15, 0.2) is 0 Å². The van der Waals surface area contributed by atoms with E-state index in [-0.39, 0.29) is 35.3 Å². The second-order valence-corrected chi connectivity index (χ2v) is 6.96. The molecule has 1 saturated carbocycles. The summed E-state index contributed by atoms with van der Waals surface area (Å²) in [5, 5.41) is 14.4. The van der Waals surface area contributed by atoms with Crippen LogP contribution in [-0.2, 0) is 0 Å². The average Bonchev–Trinajstić information content (AvgIpc) is 3.01. The second kappa shape index (κ2) is 5.66. The number of aliphatic hydroxyl groups excluding tert-OH is 1. The van der Waals surface area contributed by atoms with Gasteiger partial charge in [0, 0.05) is 30.1 Å². The van der Waals surface area contributed by atoms with Gasteiger partial charge in [0.05, 0.1) is 11.8 Å². The molecule has 0 unspecified atom stereocenters. The zero-order chi connectivity index (χ0) is 15.9. The smallest absolute Gasteiger partial charge is 0.293 e. The fraction of sp³-hybridized carbons (Fsp3) is 0.750. The van der Waals surface area contributed by atoms with Gasteiger partial charge < -0.3 is 20.3 Å². The Kier molecular flexibility index (Phi) is 3.99. The van der Waals surface area contributed by atoms with E-state index in [2.05, 4.69) is 12.1 Å².